The third-order valence-electron chi connectivity index (χ3n) is 3.82. The van der Waals surface area contributed by atoms with Crippen LogP contribution in [0.2, 0.25) is 0 Å². The molecule has 1 aromatic carbocycles. The Hall–Kier alpha value is -1.55. The number of hydrogen-bond donors (Lipinski definition) is 1. The van der Waals surface area contributed by atoms with Crippen molar-refractivity contribution < 1.29 is 14.3 Å². The van der Waals surface area contributed by atoms with Crippen LogP contribution in [0.3, 0.4) is 0 Å². The van der Waals surface area contributed by atoms with Crippen LogP contribution in [0.15, 0.2) is 24.3 Å². The molecule has 4 nitrogen and oxygen atoms in total. The van der Waals surface area contributed by atoms with Gasteiger partial charge in [0.2, 0.25) is 5.91 Å². The van der Waals surface area contributed by atoms with E-state index in [4.69, 9.17) is 9.47 Å². The molecule has 0 spiro atoms. The molecule has 0 bridgehead atoms. The molecule has 110 valence electrons. The van der Waals surface area contributed by atoms with Gasteiger partial charge in [-0.15, -0.1) is 0 Å². The summed E-state index contributed by atoms with van der Waals surface area (Å²) in [5.74, 6) is 0.866. The summed E-state index contributed by atoms with van der Waals surface area (Å²) >= 11 is 0. The van der Waals surface area contributed by atoms with Crippen LogP contribution < -0.4 is 10.1 Å². The fourth-order valence-corrected chi connectivity index (χ4v) is 2.70. The van der Waals surface area contributed by atoms with Crippen LogP contribution in [0.1, 0.15) is 31.7 Å². The minimum absolute atomic E-state index is 0.0246. The van der Waals surface area contributed by atoms with E-state index in [-0.39, 0.29) is 17.9 Å². The van der Waals surface area contributed by atoms with E-state index in [9.17, 15) is 4.79 Å². The van der Waals surface area contributed by atoms with Crippen molar-refractivity contribution in [2.75, 3.05) is 13.7 Å². The van der Waals surface area contributed by atoms with E-state index < -0.39 is 0 Å². The second kappa shape index (κ2) is 7.29. The molecule has 1 aliphatic rings. The van der Waals surface area contributed by atoms with E-state index in [0.29, 0.717) is 6.54 Å². The van der Waals surface area contributed by atoms with Gasteiger partial charge in [0.05, 0.1) is 19.1 Å². The zero-order valence-corrected chi connectivity index (χ0v) is 12.2. The molecular weight excluding hydrogens is 254 g/mol. The fourth-order valence-electron chi connectivity index (χ4n) is 2.70. The highest BCUT2D eigenvalue weighted by Gasteiger charge is 2.30. The van der Waals surface area contributed by atoms with Gasteiger partial charge in [-0.05, 0) is 25.3 Å². The van der Waals surface area contributed by atoms with Gasteiger partial charge in [0.1, 0.15) is 5.75 Å². The molecule has 0 unspecified atom stereocenters. The molecule has 1 aliphatic heterocycles. The molecule has 0 radical (unpaired) electrons. The minimum atomic E-state index is -0.0246. The van der Waals surface area contributed by atoms with Crippen LogP contribution in [-0.2, 0) is 16.1 Å². The molecule has 1 N–H and O–H groups in total. The zero-order valence-electron chi connectivity index (χ0n) is 12.2. The van der Waals surface area contributed by atoms with Gasteiger partial charge in [-0.3, -0.25) is 4.79 Å². The van der Waals surface area contributed by atoms with Crippen LogP contribution in [0.4, 0.5) is 0 Å². The van der Waals surface area contributed by atoms with Crippen molar-refractivity contribution in [2.24, 2.45) is 5.92 Å². The van der Waals surface area contributed by atoms with Crippen molar-refractivity contribution in [1.82, 2.24) is 5.32 Å². The van der Waals surface area contributed by atoms with Gasteiger partial charge in [-0.25, -0.2) is 0 Å². The van der Waals surface area contributed by atoms with E-state index in [0.717, 1.165) is 37.2 Å². The molecule has 2 rings (SSSR count). The van der Waals surface area contributed by atoms with E-state index in [1.807, 2.05) is 24.3 Å². The Morgan fingerprint density at radius 3 is 3.00 bits per heavy atom. The van der Waals surface area contributed by atoms with Gasteiger partial charge in [0.15, 0.2) is 0 Å². The monoisotopic (exact) mass is 277 g/mol. The van der Waals surface area contributed by atoms with E-state index in [1.54, 1.807) is 7.11 Å². The lowest BCUT2D eigenvalue weighted by molar-refractivity contribution is -0.134. The molecule has 20 heavy (non-hydrogen) atoms. The molecule has 1 heterocycles. The molecule has 1 saturated heterocycles. The number of carbonyl (C=O) groups excluding carboxylic acids is 1. The number of para-hydroxylation sites is 1. The van der Waals surface area contributed by atoms with Gasteiger partial charge in [0.25, 0.3) is 0 Å². The molecule has 0 saturated carbocycles. The van der Waals surface area contributed by atoms with Crippen molar-refractivity contribution in [1.29, 1.82) is 0 Å². The summed E-state index contributed by atoms with van der Waals surface area (Å²) in [6, 6.07) is 7.74. The fraction of sp³-hybridized carbons (Fsp3) is 0.562. The first-order chi connectivity index (χ1) is 9.76. The molecule has 1 aromatic rings. The third-order valence-corrected chi connectivity index (χ3v) is 3.82. The Balaban J connectivity index is 1.94. The number of methoxy groups -OCH3 is 1. The van der Waals surface area contributed by atoms with Crippen LogP contribution >= 0.6 is 0 Å². The minimum Gasteiger partial charge on any atom is -0.496 e. The lowest BCUT2D eigenvalue weighted by atomic mass is 9.92. The van der Waals surface area contributed by atoms with Crippen LogP contribution in [0.5, 0.6) is 5.75 Å². The molecule has 0 aliphatic carbocycles. The number of carbonyl (C=O) groups is 1. The Bertz CT molecular complexity index is 447. The smallest absolute Gasteiger partial charge is 0.226 e. The normalized spacial score (nSPS) is 22.3. The zero-order chi connectivity index (χ0) is 14.4. The van der Waals surface area contributed by atoms with Crippen LogP contribution in [-0.4, -0.2) is 25.7 Å². The summed E-state index contributed by atoms with van der Waals surface area (Å²) in [4.78, 5) is 12.3. The van der Waals surface area contributed by atoms with E-state index in [2.05, 4.69) is 12.2 Å². The number of hydrogen-bond acceptors (Lipinski definition) is 3. The molecule has 1 amide bonds. The number of benzene rings is 1. The molecule has 0 aromatic heterocycles. The first-order valence-electron chi connectivity index (χ1n) is 7.27. The highest BCUT2D eigenvalue weighted by molar-refractivity contribution is 5.79. The summed E-state index contributed by atoms with van der Waals surface area (Å²) in [7, 11) is 1.64. The Kier molecular flexibility index (Phi) is 5.41. The van der Waals surface area contributed by atoms with Crippen molar-refractivity contribution in [2.45, 2.75) is 38.8 Å². The largest absolute Gasteiger partial charge is 0.496 e. The van der Waals surface area contributed by atoms with Crippen LogP contribution in [0, 0.1) is 5.92 Å². The molecule has 1 fully saturated rings. The predicted octanol–water partition coefficient (Wildman–Crippen LogP) is 2.52. The predicted molar refractivity (Wildman–Crippen MR) is 77.6 cm³/mol. The first-order valence-corrected chi connectivity index (χ1v) is 7.27. The SMILES string of the molecule is CC[C@H]1OCCC[C@H]1C(=O)NCc1ccccc1OC. The highest BCUT2D eigenvalue weighted by atomic mass is 16.5. The van der Waals surface area contributed by atoms with Crippen LogP contribution in [0.25, 0.3) is 0 Å². The second-order valence-corrected chi connectivity index (χ2v) is 5.10. The van der Waals surface area contributed by atoms with E-state index in [1.165, 1.54) is 0 Å². The van der Waals surface area contributed by atoms with Gasteiger partial charge in [-0.2, -0.15) is 0 Å². The van der Waals surface area contributed by atoms with Gasteiger partial charge in [-0.1, -0.05) is 25.1 Å². The maximum absolute atomic E-state index is 12.3. The van der Waals surface area contributed by atoms with Crippen molar-refractivity contribution >= 4 is 5.91 Å². The average molecular weight is 277 g/mol. The number of nitrogens with one attached hydrogen (secondary N) is 1. The van der Waals surface area contributed by atoms with Crippen molar-refractivity contribution in [3.63, 3.8) is 0 Å². The second-order valence-electron chi connectivity index (χ2n) is 5.10. The number of ether oxygens (including phenoxy) is 2. The topological polar surface area (TPSA) is 47.6 Å². The van der Waals surface area contributed by atoms with Gasteiger partial charge >= 0.3 is 0 Å². The summed E-state index contributed by atoms with van der Waals surface area (Å²) in [6.45, 7) is 3.33. The third kappa shape index (κ3) is 3.51. The van der Waals surface area contributed by atoms with Gasteiger partial charge in [0, 0.05) is 18.7 Å². The lowest BCUT2D eigenvalue weighted by Gasteiger charge is -2.30. The molecular formula is C16H23NO3. The Labute approximate surface area is 120 Å². The quantitative estimate of drug-likeness (QED) is 0.899. The standard InChI is InChI=1S/C16H23NO3/c1-3-14-13(8-6-10-20-14)16(18)17-11-12-7-4-5-9-15(12)19-2/h4-5,7,9,13-14H,3,6,8,10-11H2,1-2H3,(H,17,18)/t13-,14-/m1/s1. The number of amides is 1. The highest BCUT2D eigenvalue weighted by Crippen LogP contribution is 2.24. The van der Waals surface area contributed by atoms with Gasteiger partial charge < -0.3 is 14.8 Å². The summed E-state index contributed by atoms with van der Waals surface area (Å²) < 4.78 is 11.0. The van der Waals surface area contributed by atoms with Crippen molar-refractivity contribution in [3.8, 4) is 5.75 Å². The molecule has 4 heteroatoms. The average Bonchev–Trinajstić information content (AvgIpc) is 2.52. The summed E-state index contributed by atoms with van der Waals surface area (Å²) in [5, 5.41) is 3.01. The van der Waals surface area contributed by atoms with E-state index >= 15 is 0 Å². The maximum atomic E-state index is 12.3. The number of rotatable bonds is 5. The maximum Gasteiger partial charge on any atom is 0.226 e. The Morgan fingerprint density at radius 2 is 2.25 bits per heavy atom. The summed E-state index contributed by atoms with van der Waals surface area (Å²) in [6.07, 6.45) is 2.81. The lowest BCUT2D eigenvalue weighted by Crippen LogP contribution is -2.41. The van der Waals surface area contributed by atoms with Crippen molar-refractivity contribution in [3.05, 3.63) is 29.8 Å². The summed E-state index contributed by atoms with van der Waals surface area (Å²) in [5.41, 5.74) is 0.994. The Morgan fingerprint density at radius 1 is 1.45 bits per heavy atom. The first kappa shape index (κ1) is 14.9. The molecule has 2 atom stereocenters.